The van der Waals surface area contributed by atoms with Gasteiger partial charge in [-0.25, -0.2) is 4.98 Å². The Labute approximate surface area is 180 Å². The van der Waals surface area contributed by atoms with Crippen LogP contribution in [0.2, 0.25) is 0 Å². The van der Waals surface area contributed by atoms with E-state index in [9.17, 15) is 14.7 Å². The summed E-state index contributed by atoms with van der Waals surface area (Å²) in [6, 6.07) is 13.7. The lowest BCUT2D eigenvalue weighted by atomic mass is 10.0. The Morgan fingerprint density at radius 3 is 2.45 bits per heavy atom. The van der Waals surface area contributed by atoms with E-state index in [1.54, 1.807) is 11.2 Å². The number of amides is 2. The van der Waals surface area contributed by atoms with Crippen molar-refractivity contribution in [3.05, 3.63) is 54.4 Å². The monoisotopic (exact) mass is 418 g/mol. The van der Waals surface area contributed by atoms with E-state index in [0.29, 0.717) is 38.0 Å². The summed E-state index contributed by atoms with van der Waals surface area (Å²) in [5, 5.41) is 10.1. The Kier molecular flexibility index (Phi) is 4.59. The van der Waals surface area contributed by atoms with Crippen molar-refractivity contribution >= 4 is 22.8 Å². The van der Waals surface area contributed by atoms with Gasteiger partial charge in [0.1, 0.15) is 5.60 Å². The van der Waals surface area contributed by atoms with Gasteiger partial charge in [0.2, 0.25) is 0 Å². The largest absolute Gasteiger partial charge is 0.380 e. The number of hydrogen-bond acceptors (Lipinski definition) is 4. The van der Waals surface area contributed by atoms with Gasteiger partial charge in [0.25, 0.3) is 11.8 Å². The number of aromatic nitrogens is 2. The number of imidazole rings is 1. The molecule has 1 unspecified atom stereocenters. The number of fused-ring (bicyclic) bond motifs is 1. The molecular formula is C24H26N4O3. The zero-order valence-electron chi connectivity index (χ0n) is 17.8. The molecule has 1 N–H and O–H groups in total. The molecule has 1 saturated carbocycles. The molecule has 1 saturated heterocycles. The van der Waals surface area contributed by atoms with Crippen LogP contribution in [-0.4, -0.2) is 67.5 Å². The van der Waals surface area contributed by atoms with Crippen molar-refractivity contribution in [2.24, 2.45) is 7.05 Å². The van der Waals surface area contributed by atoms with E-state index in [2.05, 4.69) is 23.2 Å². The molecule has 2 aromatic carbocycles. The highest BCUT2D eigenvalue weighted by Crippen LogP contribution is 2.37. The molecule has 0 bridgehead atoms. The summed E-state index contributed by atoms with van der Waals surface area (Å²) < 4.78 is 1.99. The number of carbonyl (C=O) groups is 2. The number of nitrogens with zero attached hydrogens (tertiary/aromatic N) is 4. The third-order valence-electron chi connectivity index (χ3n) is 6.49. The highest BCUT2D eigenvalue weighted by molar-refractivity contribution is 5.95. The summed E-state index contributed by atoms with van der Waals surface area (Å²) >= 11 is 0. The molecule has 0 radical (unpaired) electrons. The topological polar surface area (TPSA) is 78.7 Å². The smallest absolute Gasteiger partial charge is 0.254 e. The molecule has 5 rings (SSSR count). The van der Waals surface area contributed by atoms with Crippen molar-refractivity contribution < 1.29 is 14.7 Å². The van der Waals surface area contributed by atoms with Crippen LogP contribution in [0.25, 0.3) is 22.2 Å². The number of aliphatic hydroxyl groups is 1. The van der Waals surface area contributed by atoms with Crippen molar-refractivity contribution in [3.8, 4) is 11.1 Å². The third kappa shape index (κ3) is 3.49. The molecule has 7 heteroatoms. The summed E-state index contributed by atoms with van der Waals surface area (Å²) in [5.41, 5.74) is 3.59. The fraction of sp³-hybridized carbons (Fsp3) is 0.375. The first-order chi connectivity index (χ1) is 14.9. The molecule has 2 aliphatic rings. The number of rotatable bonds is 3. The van der Waals surface area contributed by atoms with E-state index in [0.717, 1.165) is 22.2 Å². The standard InChI is InChI=1S/C24H26N4O3/c1-16-14-27(23(30)24(31)9-10-24)11-12-28(16)22(29)18-5-3-17(4-6-18)19-7-8-21-20(13-19)25-15-26(21)2/h3-8,13,15-16,31H,9-12,14H2,1-2H3. The van der Waals surface area contributed by atoms with Gasteiger partial charge in [0, 0.05) is 38.3 Å². The van der Waals surface area contributed by atoms with Gasteiger partial charge in [-0.2, -0.15) is 0 Å². The molecule has 1 aromatic heterocycles. The lowest BCUT2D eigenvalue weighted by Crippen LogP contribution is -2.57. The molecule has 1 atom stereocenters. The summed E-state index contributed by atoms with van der Waals surface area (Å²) in [6.45, 7) is 3.33. The lowest BCUT2D eigenvalue weighted by molar-refractivity contribution is -0.144. The molecule has 7 nitrogen and oxygen atoms in total. The van der Waals surface area contributed by atoms with Crippen molar-refractivity contribution in [2.75, 3.05) is 19.6 Å². The van der Waals surface area contributed by atoms with E-state index < -0.39 is 5.60 Å². The highest BCUT2D eigenvalue weighted by atomic mass is 16.3. The van der Waals surface area contributed by atoms with E-state index >= 15 is 0 Å². The summed E-state index contributed by atoms with van der Waals surface area (Å²) in [7, 11) is 1.97. The fourth-order valence-electron chi connectivity index (χ4n) is 4.36. The predicted octanol–water partition coefficient (Wildman–Crippen LogP) is 2.44. The zero-order chi connectivity index (χ0) is 21.8. The highest BCUT2D eigenvalue weighted by Gasteiger charge is 2.51. The van der Waals surface area contributed by atoms with Crippen molar-refractivity contribution in [1.29, 1.82) is 0 Å². The summed E-state index contributed by atoms with van der Waals surface area (Å²) in [6.07, 6.45) is 2.88. The van der Waals surface area contributed by atoms with Gasteiger partial charge in [0.05, 0.1) is 17.4 Å². The molecule has 2 amide bonds. The second kappa shape index (κ2) is 7.20. The first kappa shape index (κ1) is 19.8. The first-order valence-electron chi connectivity index (χ1n) is 10.7. The van der Waals surface area contributed by atoms with Crippen molar-refractivity contribution in [2.45, 2.75) is 31.4 Å². The molecule has 1 aliphatic carbocycles. The van der Waals surface area contributed by atoms with E-state index in [1.807, 2.05) is 47.7 Å². The molecule has 3 aromatic rings. The van der Waals surface area contributed by atoms with Gasteiger partial charge >= 0.3 is 0 Å². The van der Waals surface area contributed by atoms with E-state index in [4.69, 9.17) is 0 Å². The van der Waals surface area contributed by atoms with Crippen LogP contribution in [0.1, 0.15) is 30.1 Å². The minimum absolute atomic E-state index is 0.0311. The average Bonchev–Trinajstić information content (AvgIpc) is 3.44. The maximum absolute atomic E-state index is 13.1. The van der Waals surface area contributed by atoms with Crippen LogP contribution in [-0.2, 0) is 11.8 Å². The molecule has 1 aliphatic heterocycles. The van der Waals surface area contributed by atoms with E-state index in [-0.39, 0.29) is 17.9 Å². The number of piperazine rings is 1. The van der Waals surface area contributed by atoms with Gasteiger partial charge in [-0.3, -0.25) is 9.59 Å². The Hall–Kier alpha value is -3.19. The van der Waals surface area contributed by atoms with Crippen LogP contribution in [0.3, 0.4) is 0 Å². The van der Waals surface area contributed by atoms with Gasteiger partial charge in [-0.1, -0.05) is 18.2 Å². The molecule has 31 heavy (non-hydrogen) atoms. The number of hydrogen-bond donors (Lipinski definition) is 1. The second-order valence-electron chi connectivity index (χ2n) is 8.77. The maximum Gasteiger partial charge on any atom is 0.254 e. The lowest BCUT2D eigenvalue weighted by Gasteiger charge is -2.40. The summed E-state index contributed by atoms with van der Waals surface area (Å²) in [5.74, 6) is -0.225. The van der Waals surface area contributed by atoms with Crippen LogP contribution in [0.15, 0.2) is 48.8 Å². The number of carbonyl (C=O) groups excluding carboxylic acids is 2. The van der Waals surface area contributed by atoms with Crippen LogP contribution in [0.5, 0.6) is 0 Å². The maximum atomic E-state index is 13.1. The van der Waals surface area contributed by atoms with Crippen LogP contribution < -0.4 is 0 Å². The molecule has 2 heterocycles. The number of aryl methyl sites for hydroxylation is 1. The predicted molar refractivity (Wildman–Crippen MR) is 117 cm³/mol. The Bertz CT molecular complexity index is 1160. The fourth-order valence-corrected chi connectivity index (χ4v) is 4.36. The summed E-state index contributed by atoms with van der Waals surface area (Å²) in [4.78, 5) is 33.4. The Morgan fingerprint density at radius 2 is 1.77 bits per heavy atom. The first-order valence-corrected chi connectivity index (χ1v) is 10.7. The van der Waals surface area contributed by atoms with Gasteiger partial charge in [-0.05, 0) is 55.2 Å². The quantitative estimate of drug-likeness (QED) is 0.709. The third-order valence-corrected chi connectivity index (χ3v) is 6.49. The molecular weight excluding hydrogens is 392 g/mol. The van der Waals surface area contributed by atoms with Crippen LogP contribution >= 0.6 is 0 Å². The molecule has 0 spiro atoms. The van der Waals surface area contributed by atoms with Crippen molar-refractivity contribution in [1.82, 2.24) is 19.4 Å². The molecule has 160 valence electrons. The average molecular weight is 418 g/mol. The molecule has 2 fully saturated rings. The Balaban J connectivity index is 1.29. The minimum atomic E-state index is -1.15. The normalized spacial score (nSPS) is 20.2. The SMILES string of the molecule is CC1CN(C(=O)C2(O)CC2)CCN1C(=O)c1ccc(-c2ccc3c(c2)ncn3C)cc1. The van der Waals surface area contributed by atoms with Gasteiger partial charge < -0.3 is 19.5 Å². The van der Waals surface area contributed by atoms with Gasteiger partial charge in [-0.15, -0.1) is 0 Å². The number of benzene rings is 2. The van der Waals surface area contributed by atoms with Crippen LogP contribution in [0, 0.1) is 0 Å². The van der Waals surface area contributed by atoms with Crippen LogP contribution in [0.4, 0.5) is 0 Å². The van der Waals surface area contributed by atoms with Gasteiger partial charge in [0.15, 0.2) is 0 Å². The second-order valence-corrected chi connectivity index (χ2v) is 8.77. The van der Waals surface area contributed by atoms with Crippen molar-refractivity contribution in [3.63, 3.8) is 0 Å². The zero-order valence-corrected chi connectivity index (χ0v) is 17.8. The Morgan fingerprint density at radius 1 is 1.06 bits per heavy atom. The minimum Gasteiger partial charge on any atom is -0.380 e. The van der Waals surface area contributed by atoms with E-state index in [1.165, 1.54) is 0 Å².